The number of hydrogen-bond acceptors (Lipinski definition) is 3. The summed E-state index contributed by atoms with van der Waals surface area (Å²) in [6, 6.07) is 6.17. The first-order chi connectivity index (χ1) is 8.24. The molecule has 4 heteroatoms. The molecule has 1 aliphatic rings. The van der Waals surface area contributed by atoms with E-state index in [-0.39, 0.29) is 0 Å². The van der Waals surface area contributed by atoms with Gasteiger partial charge in [-0.05, 0) is 28.4 Å². The van der Waals surface area contributed by atoms with Crippen LogP contribution in [0.4, 0.5) is 0 Å². The van der Waals surface area contributed by atoms with Gasteiger partial charge in [0.05, 0.1) is 17.7 Å². The smallest absolute Gasteiger partial charge is 0.137 e. The van der Waals surface area contributed by atoms with Gasteiger partial charge in [-0.1, -0.05) is 12.1 Å². The zero-order valence-corrected chi connectivity index (χ0v) is 11.9. The Bertz CT molecular complexity index is 384. The van der Waals surface area contributed by atoms with Gasteiger partial charge in [0.2, 0.25) is 0 Å². The Kier molecular flexibility index (Phi) is 4.42. The highest BCUT2D eigenvalue weighted by atomic mass is 79.9. The van der Waals surface area contributed by atoms with Crippen molar-refractivity contribution in [2.24, 2.45) is 0 Å². The largest absolute Gasteiger partial charge is 0.495 e. The summed E-state index contributed by atoms with van der Waals surface area (Å²) in [4.78, 5) is 2.40. The summed E-state index contributed by atoms with van der Waals surface area (Å²) < 4.78 is 11.8. The van der Waals surface area contributed by atoms with E-state index in [0.29, 0.717) is 6.10 Å². The van der Waals surface area contributed by atoms with Gasteiger partial charge in [0.15, 0.2) is 0 Å². The molecule has 1 fully saturated rings. The summed E-state index contributed by atoms with van der Waals surface area (Å²) in [5.74, 6) is 0.938. The molecule has 0 N–H and O–H groups in total. The van der Waals surface area contributed by atoms with Crippen molar-refractivity contribution in [1.29, 1.82) is 0 Å². The molecule has 3 nitrogen and oxygen atoms in total. The van der Waals surface area contributed by atoms with Crippen LogP contribution in [0.3, 0.4) is 0 Å². The van der Waals surface area contributed by atoms with Gasteiger partial charge in [-0.25, -0.2) is 0 Å². The van der Waals surface area contributed by atoms with Crippen LogP contribution in [0.15, 0.2) is 22.7 Å². The average molecular weight is 300 g/mol. The molecule has 1 unspecified atom stereocenters. The first kappa shape index (κ1) is 12.9. The number of benzene rings is 1. The van der Waals surface area contributed by atoms with E-state index in [0.717, 1.165) is 36.3 Å². The van der Waals surface area contributed by atoms with Crippen LogP contribution >= 0.6 is 15.9 Å². The molecule has 0 aromatic heterocycles. The van der Waals surface area contributed by atoms with Gasteiger partial charge in [0.25, 0.3) is 0 Å². The molecule has 1 aromatic rings. The fourth-order valence-electron chi connectivity index (χ4n) is 2.28. The van der Waals surface area contributed by atoms with Gasteiger partial charge in [0.1, 0.15) is 5.75 Å². The molecule has 0 spiro atoms. The molecule has 0 aliphatic carbocycles. The number of hydrogen-bond donors (Lipinski definition) is 0. The Morgan fingerprint density at radius 3 is 2.88 bits per heavy atom. The number of ether oxygens (including phenoxy) is 2. The fraction of sp³-hybridized carbons (Fsp3) is 0.538. The maximum Gasteiger partial charge on any atom is 0.137 e. The molecule has 0 radical (unpaired) electrons. The molecule has 0 amide bonds. The van der Waals surface area contributed by atoms with Crippen LogP contribution in [0.2, 0.25) is 0 Å². The lowest BCUT2D eigenvalue weighted by atomic mass is 10.2. The molecule has 1 atom stereocenters. The molecule has 17 heavy (non-hydrogen) atoms. The summed E-state index contributed by atoms with van der Waals surface area (Å²) in [5.41, 5.74) is 1.22. The zero-order chi connectivity index (χ0) is 12.3. The van der Waals surface area contributed by atoms with E-state index in [1.54, 1.807) is 14.2 Å². The third-order valence-electron chi connectivity index (χ3n) is 3.21. The summed E-state index contributed by atoms with van der Waals surface area (Å²) >= 11 is 3.51. The van der Waals surface area contributed by atoms with Crippen LogP contribution in [0.25, 0.3) is 0 Å². The Morgan fingerprint density at radius 1 is 1.41 bits per heavy atom. The molecule has 94 valence electrons. The lowest BCUT2D eigenvalue weighted by molar-refractivity contribution is 0.107. The van der Waals surface area contributed by atoms with Crippen LogP contribution in [-0.2, 0) is 11.3 Å². The van der Waals surface area contributed by atoms with Crippen LogP contribution < -0.4 is 4.74 Å². The van der Waals surface area contributed by atoms with Crippen LogP contribution in [0.5, 0.6) is 5.75 Å². The predicted molar refractivity (Wildman–Crippen MR) is 71.4 cm³/mol. The summed E-state index contributed by atoms with van der Waals surface area (Å²) in [6.07, 6.45) is 1.50. The van der Waals surface area contributed by atoms with E-state index >= 15 is 0 Å². The van der Waals surface area contributed by atoms with Crippen molar-refractivity contribution >= 4 is 15.9 Å². The quantitative estimate of drug-likeness (QED) is 0.853. The number of nitrogens with zero attached hydrogens (tertiary/aromatic N) is 1. The maximum atomic E-state index is 5.43. The monoisotopic (exact) mass is 299 g/mol. The first-order valence-electron chi connectivity index (χ1n) is 5.81. The van der Waals surface area contributed by atoms with Gasteiger partial charge >= 0.3 is 0 Å². The second-order valence-corrected chi connectivity index (χ2v) is 5.17. The van der Waals surface area contributed by atoms with Crippen LogP contribution in [0, 0.1) is 0 Å². The Labute approximate surface area is 111 Å². The van der Waals surface area contributed by atoms with Crippen molar-refractivity contribution in [3.63, 3.8) is 0 Å². The summed E-state index contributed by atoms with van der Waals surface area (Å²) in [7, 11) is 3.50. The minimum absolute atomic E-state index is 0.383. The van der Waals surface area contributed by atoms with Crippen LogP contribution in [-0.4, -0.2) is 38.3 Å². The number of likely N-dealkylation sites (tertiary alicyclic amines) is 1. The number of rotatable bonds is 4. The van der Waals surface area contributed by atoms with Gasteiger partial charge in [-0.15, -0.1) is 0 Å². The molecule has 0 saturated carbocycles. The first-order valence-corrected chi connectivity index (χ1v) is 6.60. The summed E-state index contributed by atoms with van der Waals surface area (Å²) in [5, 5.41) is 0. The van der Waals surface area contributed by atoms with Crippen molar-refractivity contribution in [3.05, 3.63) is 28.2 Å². The van der Waals surface area contributed by atoms with Crippen molar-refractivity contribution in [3.8, 4) is 5.75 Å². The Morgan fingerprint density at radius 2 is 2.24 bits per heavy atom. The molecule has 1 saturated heterocycles. The lowest BCUT2D eigenvalue weighted by Crippen LogP contribution is -2.22. The number of halogens is 1. The normalized spacial score (nSPS) is 20.8. The minimum Gasteiger partial charge on any atom is -0.495 e. The van der Waals surface area contributed by atoms with Gasteiger partial charge in [-0.2, -0.15) is 0 Å². The SMILES string of the molecule is COc1c(Br)cccc1CN1CCC(OC)C1. The van der Waals surface area contributed by atoms with Gasteiger partial charge < -0.3 is 9.47 Å². The third-order valence-corrected chi connectivity index (χ3v) is 3.83. The molecule has 1 aliphatic heterocycles. The van der Waals surface area contributed by atoms with Crippen molar-refractivity contribution in [2.75, 3.05) is 27.3 Å². The molecule has 2 rings (SSSR count). The van der Waals surface area contributed by atoms with E-state index < -0.39 is 0 Å². The van der Waals surface area contributed by atoms with E-state index in [4.69, 9.17) is 9.47 Å². The van der Waals surface area contributed by atoms with Crippen molar-refractivity contribution < 1.29 is 9.47 Å². The highest BCUT2D eigenvalue weighted by Crippen LogP contribution is 2.30. The highest BCUT2D eigenvalue weighted by Gasteiger charge is 2.23. The maximum absolute atomic E-state index is 5.43. The number of para-hydroxylation sites is 1. The van der Waals surface area contributed by atoms with Gasteiger partial charge in [0, 0.05) is 32.3 Å². The van der Waals surface area contributed by atoms with E-state index in [1.807, 2.05) is 12.1 Å². The molecule has 0 bridgehead atoms. The predicted octanol–water partition coefficient (Wildman–Crippen LogP) is 2.68. The van der Waals surface area contributed by atoms with Crippen molar-refractivity contribution in [2.45, 2.75) is 19.1 Å². The highest BCUT2D eigenvalue weighted by molar-refractivity contribution is 9.10. The Balaban J connectivity index is 2.06. The molecule has 1 aromatic carbocycles. The van der Waals surface area contributed by atoms with Crippen LogP contribution in [0.1, 0.15) is 12.0 Å². The molecular weight excluding hydrogens is 282 g/mol. The Hall–Kier alpha value is -0.580. The second kappa shape index (κ2) is 5.85. The van der Waals surface area contributed by atoms with Gasteiger partial charge in [-0.3, -0.25) is 4.90 Å². The lowest BCUT2D eigenvalue weighted by Gasteiger charge is -2.18. The third kappa shape index (κ3) is 3.00. The minimum atomic E-state index is 0.383. The van der Waals surface area contributed by atoms with E-state index in [2.05, 4.69) is 26.9 Å². The summed E-state index contributed by atoms with van der Waals surface area (Å²) in [6.45, 7) is 3.02. The molecular formula is C13H18BrNO2. The standard InChI is InChI=1S/C13H18BrNO2/c1-16-11-6-7-15(9-11)8-10-4-3-5-12(14)13(10)17-2/h3-5,11H,6-9H2,1-2H3. The van der Waals surface area contributed by atoms with Crippen molar-refractivity contribution in [1.82, 2.24) is 4.90 Å². The fourth-order valence-corrected chi connectivity index (χ4v) is 2.85. The molecule has 1 heterocycles. The average Bonchev–Trinajstić information content (AvgIpc) is 2.77. The second-order valence-electron chi connectivity index (χ2n) is 4.31. The topological polar surface area (TPSA) is 21.7 Å². The van der Waals surface area contributed by atoms with E-state index in [1.165, 1.54) is 5.56 Å². The number of methoxy groups -OCH3 is 2. The zero-order valence-electron chi connectivity index (χ0n) is 10.3. The van der Waals surface area contributed by atoms with E-state index in [9.17, 15) is 0 Å².